The zero-order valence-electron chi connectivity index (χ0n) is 11.1. The third-order valence-electron chi connectivity index (χ3n) is 2.38. The fraction of sp³-hybridized carbons (Fsp3) is 0.308. The highest BCUT2D eigenvalue weighted by Gasteiger charge is 2.05. The molecule has 0 fully saturated rings. The molecule has 2 aromatic rings. The highest BCUT2D eigenvalue weighted by Crippen LogP contribution is 2.19. The van der Waals surface area contributed by atoms with E-state index in [1.807, 2.05) is 31.2 Å². The number of thioether (sulfide) groups is 1. The maximum absolute atomic E-state index is 5.69. The average molecular weight is 275 g/mol. The molecule has 6 heteroatoms. The molecule has 5 nitrogen and oxygen atoms in total. The van der Waals surface area contributed by atoms with Crippen LogP contribution in [-0.4, -0.2) is 20.7 Å². The largest absolute Gasteiger partial charge is 0.368 e. The SMILES string of the molecule is CCCSc1nc(N)nc(Nc2ccc(C)cc2)n1. The first-order chi connectivity index (χ1) is 9.17. The fourth-order valence-electron chi connectivity index (χ4n) is 1.45. The van der Waals surface area contributed by atoms with Gasteiger partial charge in [0.05, 0.1) is 0 Å². The van der Waals surface area contributed by atoms with Crippen LogP contribution in [0.2, 0.25) is 0 Å². The fourth-order valence-corrected chi connectivity index (χ4v) is 2.15. The van der Waals surface area contributed by atoms with Gasteiger partial charge in [-0.3, -0.25) is 0 Å². The molecule has 0 saturated carbocycles. The van der Waals surface area contributed by atoms with Gasteiger partial charge in [0, 0.05) is 11.4 Å². The second-order valence-corrected chi connectivity index (χ2v) is 5.20. The van der Waals surface area contributed by atoms with Crippen molar-refractivity contribution >= 4 is 29.3 Å². The molecular weight excluding hydrogens is 258 g/mol. The molecule has 0 atom stereocenters. The summed E-state index contributed by atoms with van der Waals surface area (Å²) in [5.74, 6) is 1.69. The molecule has 2 rings (SSSR count). The van der Waals surface area contributed by atoms with E-state index >= 15 is 0 Å². The van der Waals surface area contributed by atoms with Crippen LogP contribution < -0.4 is 11.1 Å². The van der Waals surface area contributed by atoms with E-state index in [4.69, 9.17) is 5.73 Å². The molecule has 100 valence electrons. The van der Waals surface area contributed by atoms with Gasteiger partial charge in [-0.05, 0) is 25.5 Å². The van der Waals surface area contributed by atoms with Crippen molar-refractivity contribution in [3.63, 3.8) is 0 Å². The number of aromatic nitrogens is 3. The monoisotopic (exact) mass is 275 g/mol. The molecule has 0 aliphatic rings. The Morgan fingerprint density at radius 1 is 1.16 bits per heavy atom. The predicted octanol–water partition coefficient (Wildman–Crippen LogP) is 3.01. The first kappa shape index (κ1) is 13.6. The molecule has 0 spiro atoms. The number of hydrogen-bond acceptors (Lipinski definition) is 6. The predicted molar refractivity (Wildman–Crippen MR) is 79.7 cm³/mol. The van der Waals surface area contributed by atoms with Gasteiger partial charge in [0.1, 0.15) is 0 Å². The first-order valence-electron chi connectivity index (χ1n) is 6.15. The molecule has 0 saturated heterocycles. The second-order valence-electron chi connectivity index (χ2n) is 4.14. The Balaban J connectivity index is 2.15. The molecule has 1 aromatic heterocycles. The lowest BCUT2D eigenvalue weighted by molar-refractivity contribution is 0.921. The number of nitrogen functional groups attached to an aromatic ring is 1. The van der Waals surface area contributed by atoms with Crippen LogP contribution in [0.4, 0.5) is 17.6 Å². The Morgan fingerprint density at radius 2 is 1.89 bits per heavy atom. The second kappa shape index (κ2) is 6.38. The third-order valence-corrected chi connectivity index (χ3v) is 3.43. The summed E-state index contributed by atoms with van der Waals surface area (Å²) in [6.45, 7) is 4.16. The van der Waals surface area contributed by atoms with Gasteiger partial charge in [0.15, 0.2) is 5.16 Å². The summed E-state index contributed by atoms with van der Waals surface area (Å²) < 4.78 is 0. The number of aryl methyl sites for hydroxylation is 1. The molecule has 1 heterocycles. The highest BCUT2D eigenvalue weighted by atomic mass is 32.2. The lowest BCUT2D eigenvalue weighted by Crippen LogP contribution is -2.04. The average Bonchev–Trinajstić information content (AvgIpc) is 2.38. The van der Waals surface area contributed by atoms with Crippen LogP contribution in [0.3, 0.4) is 0 Å². The van der Waals surface area contributed by atoms with Crippen molar-refractivity contribution in [3.8, 4) is 0 Å². The zero-order chi connectivity index (χ0) is 13.7. The molecule has 0 unspecified atom stereocenters. The van der Waals surface area contributed by atoms with Gasteiger partial charge in [0.25, 0.3) is 0 Å². The summed E-state index contributed by atoms with van der Waals surface area (Å²) in [6, 6.07) is 8.02. The molecular formula is C13H17N5S. The maximum Gasteiger partial charge on any atom is 0.233 e. The molecule has 19 heavy (non-hydrogen) atoms. The molecule has 0 radical (unpaired) electrons. The minimum absolute atomic E-state index is 0.239. The van der Waals surface area contributed by atoms with Crippen LogP contribution in [0.1, 0.15) is 18.9 Å². The molecule has 0 bridgehead atoms. The highest BCUT2D eigenvalue weighted by molar-refractivity contribution is 7.99. The number of benzene rings is 1. The van der Waals surface area contributed by atoms with Gasteiger partial charge in [-0.15, -0.1) is 0 Å². The van der Waals surface area contributed by atoms with Crippen LogP contribution in [0.15, 0.2) is 29.4 Å². The maximum atomic E-state index is 5.69. The van der Waals surface area contributed by atoms with Crippen molar-refractivity contribution in [2.75, 3.05) is 16.8 Å². The standard InChI is InChI=1S/C13H17N5S/c1-3-8-19-13-17-11(14)16-12(18-13)15-10-6-4-9(2)5-7-10/h4-7H,3,8H2,1-2H3,(H3,14,15,16,17,18). The number of nitrogens with one attached hydrogen (secondary N) is 1. The Labute approximate surface area is 117 Å². The van der Waals surface area contributed by atoms with Crippen molar-refractivity contribution in [2.24, 2.45) is 0 Å². The molecule has 0 aliphatic carbocycles. The Morgan fingerprint density at radius 3 is 2.58 bits per heavy atom. The van der Waals surface area contributed by atoms with Gasteiger partial charge in [-0.2, -0.15) is 15.0 Å². The summed E-state index contributed by atoms with van der Waals surface area (Å²) in [5.41, 5.74) is 7.83. The van der Waals surface area contributed by atoms with E-state index in [-0.39, 0.29) is 5.95 Å². The van der Waals surface area contributed by atoms with Crippen molar-refractivity contribution < 1.29 is 0 Å². The van der Waals surface area contributed by atoms with E-state index in [9.17, 15) is 0 Å². The van der Waals surface area contributed by atoms with Crippen molar-refractivity contribution in [1.29, 1.82) is 0 Å². The van der Waals surface area contributed by atoms with Crippen LogP contribution >= 0.6 is 11.8 Å². The molecule has 1 aromatic carbocycles. The zero-order valence-corrected chi connectivity index (χ0v) is 11.9. The lowest BCUT2D eigenvalue weighted by Gasteiger charge is -2.07. The number of nitrogens with two attached hydrogens (primary N) is 1. The number of nitrogens with zero attached hydrogens (tertiary/aromatic N) is 3. The van der Waals surface area contributed by atoms with Crippen LogP contribution in [0.25, 0.3) is 0 Å². The van der Waals surface area contributed by atoms with Crippen molar-refractivity contribution in [2.45, 2.75) is 25.4 Å². The van der Waals surface area contributed by atoms with Crippen LogP contribution in [-0.2, 0) is 0 Å². The molecule has 0 amide bonds. The van der Waals surface area contributed by atoms with E-state index in [1.54, 1.807) is 11.8 Å². The summed E-state index contributed by atoms with van der Waals surface area (Å²) in [6.07, 6.45) is 1.07. The normalized spacial score (nSPS) is 10.4. The van der Waals surface area contributed by atoms with E-state index in [0.29, 0.717) is 11.1 Å². The van der Waals surface area contributed by atoms with Gasteiger partial charge in [-0.1, -0.05) is 36.4 Å². The van der Waals surface area contributed by atoms with Gasteiger partial charge in [0.2, 0.25) is 11.9 Å². The Bertz CT molecular complexity index is 541. The quantitative estimate of drug-likeness (QED) is 0.817. The number of anilines is 3. The Kier molecular flexibility index (Phi) is 4.57. The van der Waals surface area contributed by atoms with E-state index < -0.39 is 0 Å². The van der Waals surface area contributed by atoms with Gasteiger partial charge < -0.3 is 11.1 Å². The van der Waals surface area contributed by atoms with Crippen molar-refractivity contribution in [3.05, 3.63) is 29.8 Å². The van der Waals surface area contributed by atoms with Gasteiger partial charge >= 0.3 is 0 Å². The topological polar surface area (TPSA) is 76.7 Å². The van der Waals surface area contributed by atoms with Gasteiger partial charge in [-0.25, -0.2) is 0 Å². The lowest BCUT2D eigenvalue weighted by atomic mass is 10.2. The Hall–Kier alpha value is -1.82. The smallest absolute Gasteiger partial charge is 0.233 e. The molecule has 0 aliphatic heterocycles. The van der Waals surface area contributed by atoms with Crippen LogP contribution in [0, 0.1) is 6.92 Å². The summed E-state index contributed by atoms with van der Waals surface area (Å²) in [4.78, 5) is 12.5. The van der Waals surface area contributed by atoms with E-state index in [2.05, 4.69) is 27.2 Å². The summed E-state index contributed by atoms with van der Waals surface area (Å²) >= 11 is 1.58. The van der Waals surface area contributed by atoms with Crippen LogP contribution in [0.5, 0.6) is 0 Å². The molecule has 3 N–H and O–H groups in total. The van der Waals surface area contributed by atoms with Crippen molar-refractivity contribution in [1.82, 2.24) is 15.0 Å². The third kappa shape index (κ3) is 4.10. The van der Waals surface area contributed by atoms with E-state index in [1.165, 1.54) is 5.56 Å². The van der Waals surface area contributed by atoms with E-state index in [0.717, 1.165) is 17.9 Å². The summed E-state index contributed by atoms with van der Waals surface area (Å²) in [5, 5.41) is 3.79. The first-order valence-corrected chi connectivity index (χ1v) is 7.14. The minimum atomic E-state index is 0.239. The number of hydrogen-bond donors (Lipinski definition) is 2. The number of rotatable bonds is 5. The minimum Gasteiger partial charge on any atom is -0.368 e. The summed E-state index contributed by atoms with van der Waals surface area (Å²) in [7, 11) is 0.